The van der Waals surface area contributed by atoms with Crippen molar-refractivity contribution in [3.63, 3.8) is 0 Å². The number of aromatic nitrogens is 2. The van der Waals surface area contributed by atoms with Gasteiger partial charge in [-0.3, -0.25) is 14.4 Å². The first-order valence-electron chi connectivity index (χ1n) is 8.90. The number of hydrogen-bond donors (Lipinski definition) is 0. The van der Waals surface area contributed by atoms with Crippen LogP contribution in [0.5, 0.6) is 0 Å². The van der Waals surface area contributed by atoms with Crippen molar-refractivity contribution in [2.75, 3.05) is 46.0 Å². The third-order valence-corrected chi connectivity index (χ3v) is 5.65. The lowest BCUT2D eigenvalue weighted by atomic mass is 9.87. The highest BCUT2D eigenvalue weighted by Crippen LogP contribution is 2.38. The Kier molecular flexibility index (Phi) is 4.32. The summed E-state index contributed by atoms with van der Waals surface area (Å²) in [5, 5.41) is 4.22. The van der Waals surface area contributed by atoms with Crippen LogP contribution in [0.25, 0.3) is 0 Å². The monoisotopic (exact) mass is 334 g/mol. The largest absolute Gasteiger partial charge is 0.379 e. The van der Waals surface area contributed by atoms with Crippen LogP contribution in [0.3, 0.4) is 0 Å². The third kappa shape index (κ3) is 3.08. The number of amides is 1. The molecule has 24 heavy (non-hydrogen) atoms. The highest BCUT2D eigenvalue weighted by Gasteiger charge is 2.45. The van der Waals surface area contributed by atoms with Crippen LogP contribution in [-0.4, -0.2) is 83.1 Å². The maximum atomic E-state index is 12.5. The van der Waals surface area contributed by atoms with Gasteiger partial charge in [-0.15, -0.1) is 0 Å². The fourth-order valence-corrected chi connectivity index (χ4v) is 4.15. The molecule has 7 heteroatoms. The first-order chi connectivity index (χ1) is 11.7. The molecule has 4 heterocycles. The summed E-state index contributed by atoms with van der Waals surface area (Å²) in [7, 11) is 1.83. The Labute approximate surface area is 142 Å². The lowest BCUT2D eigenvalue weighted by Crippen LogP contribution is -2.48. The third-order valence-electron chi connectivity index (χ3n) is 5.65. The van der Waals surface area contributed by atoms with Crippen molar-refractivity contribution < 1.29 is 14.3 Å². The van der Waals surface area contributed by atoms with Gasteiger partial charge in [0, 0.05) is 45.5 Å². The van der Waals surface area contributed by atoms with Gasteiger partial charge in [0.15, 0.2) is 0 Å². The Morgan fingerprint density at radius 1 is 1.25 bits per heavy atom. The molecule has 1 aromatic heterocycles. The summed E-state index contributed by atoms with van der Waals surface area (Å²) in [6.45, 7) is 6.00. The predicted molar refractivity (Wildman–Crippen MR) is 87.8 cm³/mol. The van der Waals surface area contributed by atoms with Crippen molar-refractivity contribution in [3.8, 4) is 0 Å². The Bertz CT molecular complexity index is 588. The minimum absolute atomic E-state index is 0.0353. The van der Waals surface area contributed by atoms with Gasteiger partial charge in [-0.2, -0.15) is 5.10 Å². The van der Waals surface area contributed by atoms with Crippen molar-refractivity contribution >= 4 is 5.91 Å². The van der Waals surface area contributed by atoms with Gasteiger partial charge < -0.3 is 14.4 Å². The first-order valence-corrected chi connectivity index (χ1v) is 8.90. The fraction of sp³-hybridized carbons (Fsp3) is 0.765. The highest BCUT2D eigenvalue weighted by atomic mass is 16.5. The van der Waals surface area contributed by atoms with E-state index in [1.54, 1.807) is 10.7 Å². The molecule has 0 N–H and O–H groups in total. The SMILES string of the molecule is Cn1ccc(C(=O)N2CCC3(CC2)C[C@@H](N2CCOCC2)CO3)n1. The minimum atomic E-state index is -0.0378. The van der Waals surface area contributed by atoms with Crippen LogP contribution < -0.4 is 0 Å². The van der Waals surface area contributed by atoms with Gasteiger partial charge in [-0.1, -0.05) is 0 Å². The van der Waals surface area contributed by atoms with E-state index in [9.17, 15) is 4.79 Å². The molecule has 3 saturated heterocycles. The van der Waals surface area contributed by atoms with E-state index in [0.29, 0.717) is 11.7 Å². The molecular formula is C17H26N4O3. The lowest BCUT2D eigenvalue weighted by molar-refractivity contribution is -0.0401. The van der Waals surface area contributed by atoms with E-state index in [0.717, 1.165) is 65.3 Å². The maximum absolute atomic E-state index is 12.5. The van der Waals surface area contributed by atoms with E-state index in [1.165, 1.54) is 0 Å². The number of morpholine rings is 1. The van der Waals surface area contributed by atoms with E-state index < -0.39 is 0 Å². The zero-order chi connectivity index (χ0) is 16.6. The second-order valence-electron chi connectivity index (χ2n) is 7.17. The van der Waals surface area contributed by atoms with Crippen LogP contribution in [0.4, 0.5) is 0 Å². The number of carbonyl (C=O) groups excluding carboxylic acids is 1. The van der Waals surface area contributed by atoms with Crippen molar-refractivity contribution in [1.82, 2.24) is 19.6 Å². The van der Waals surface area contributed by atoms with Crippen LogP contribution in [0.15, 0.2) is 12.3 Å². The number of carbonyl (C=O) groups is 1. The van der Waals surface area contributed by atoms with Gasteiger partial charge >= 0.3 is 0 Å². The van der Waals surface area contributed by atoms with Crippen molar-refractivity contribution in [1.29, 1.82) is 0 Å². The molecule has 3 aliphatic rings. The van der Waals surface area contributed by atoms with E-state index in [1.807, 2.05) is 18.1 Å². The Hall–Kier alpha value is -1.44. The molecule has 3 aliphatic heterocycles. The standard InChI is InChI=1S/C17H26N4O3/c1-19-5-2-15(18-19)16(22)21-6-3-17(4-7-21)12-14(13-24-17)20-8-10-23-11-9-20/h2,5,14H,3-4,6-13H2,1H3/t14-/m1/s1. The Morgan fingerprint density at radius 3 is 2.67 bits per heavy atom. The number of hydrogen-bond acceptors (Lipinski definition) is 5. The molecule has 0 saturated carbocycles. The molecule has 1 aromatic rings. The number of aryl methyl sites for hydroxylation is 1. The van der Waals surface area contributed by atoms with Gasteiger partial charge in [0.05, 0.1) is 25.4 Å². The molecule has 4 rings (SSSR count). The first kappa shape index (κ1) is 16.1. The molecule has 0 aliphatic carbocycles. The maximum Gasteiger partial charge on any atom is 0.274 e. The van der Waals surface area contributed by atoms with E-state index in [4.69, 9.17) is 9.47 Å². The second kappa shape index (κ2) is 6.46. The van der Waals surface area contributed by atoms with E-state index in [-0.39, 0.29) is 11.5 Å². The summed E-state index contributed by atoms with van der Waals surface area (Å²) in [5.74, 6) is 0.0353. The molecule has 0 unspecified atom stereocenters. The average Bonchev–Trinajstić information content (AvgIpc) is 3.23. The normalized spacial score (nSPS) is 27.7. The molecule has 0 bridgehead atoms. The summed E-state index contributed by atoms with van der Waals surface area (Å²) < 4.78 is 13.4. The Balaban J connectivity index is 1.33. The lowest BCUT2D eigenvalue weighted by Gasteiger charge is -2.39. The molecular weight excluding hydrogens is 308 g/mol. The summed E-state index contributed by atoms with van der Waals surface area (Å²) in [4.78, 5) is 16.9. The quantitative estimate of drug-likeness (QED) is 0.789. The smallest absolute Gasteiger partial charge is 0.274 e. The molecule has 0 aromatic carbocycles. The van der Waals surface area contributed by atoms with Crippen molar-refractivity contribution in [2.24, 2.45) is 7.05 Å². The summed E-state index contributed by atoms with van der Waals surface area (Å²) >= 11 is 0. The van der Waals surface area contributed by atoms with Crippen LogP contribution in [0.2, 0.25) is 0 Å². The number of nitrogens with zero attached hydrogens (tertiary/aromatic N) is 4. The van der Waals surface area contributed by atoms with Crippen molar-refractivity contribution in [3.05, 3.63) is 18.0 Å². The molecule has 1 amide bonds. The van der Waals surface area contributed by atoms with Crippen LogP contribution in [0.1, 0.15) is 29.8 Å². The van der Waals surface area contributed by atoms with Gasteiger partial charge in [-0.25, -0.2) is 0 Å². The highest BCUT2D eigenvalue weighted by molar-refractivity contribution is 5.92. The Morgan fingerprint density at radius 2 is 2.00 bits per heavy atom. The molecule has 7 nitrogen and oxygen atoms in total. The number of ether oxygens (including phenoxy) is 2. The zero-order valence-electron chi connectivity index (χ0n) is 14.3. The van der Waals surface area contributed by atoms with Gasteiger partial charge in [0.2, 0.25) is 0 Å². The summed E-state index contributed by atoms with van der Waals surface area (Å²) in [6, 6.07) is 2.29. The average molecular weight is 334 g/mol. The fourth-order valence-electron chi connectivity index (χ4n) is 4.15. The summed E-state index contributed by atoms with van der Waals surface area (Å²) in [6.07, 6.45) is 4.74. The van der Waals surface area contributed by atoms with Crippen LogP contribution in [-0.2, 0) is 16.5 Å². The number of likely N-dealkylation sites (tertiary alicyclic amines) is 1. The number of piperidine rings is 1. The predicted octanol–water partition coefficient (Wildman–Crippen LogP) is 0.516. The van der Waals surface area contributed by atoms with Crippen LogP contribution in [0, 0.1) is 0 Å². The van der Waals surface area contributed by atoms with Gasteiger partial charge in [0.25, 0.3) is 5.91 Å². The van der Waals surface area contributed by atoms with Crippen molar-refractivity contribution in [2.45, 2.75) is 30.9 Å². The number of rotatable bonds is 2. The molecule has 0 radical (unpaired) electrons. The van der Waals surface area contributed by atoms with Crippen LogP contribution >= 0.6 is 0 Å². The zero-order valence-corrected chi connectivity index (χ0v) is 14.3. The summed E-state index contributed by atoms with van der Waals surface area (Å²) in [5.41, 5.74) is 0.496. The molecule has 1 atom stereocenters. The van der Waals surface area contributed by atoms with E-state index >= 15 is 0 Å². The topological polar surface area (TPSA) is 59.8 Å². The molecule has 1 spiro atoms. The minimum Gasteiger partial charge on any atom is -0.379 e. The van der Waals surface area contributed by atoms with Gasteiger partial charge in [0.1, 0.15) is 5.69 Å². The molecule has 132 valence electrons. The second-order valence-corrected chi connectivity index (χ2v) is 7.17. The molecule has 3 fully saturated rings. The van der Waals surface area contributed by atoms with Gasteiger partial charge in [-0.05, 0) is 25.3 Å². The van der Waals surface area contributed by atoms with E-state index in [2.05, 4.69) is 10.00 Å².